The number of carbonyl (C=O) groups is 3. The lowest BCUT2D eigenvalue weighted by Gasteiger charge is -2.50. The second-order valence-electron chi connectivity index (χ2n) is 10.8. The molecule has 0 saturated heterocycles. The standard InChI is InChI=1S/C26H30FN3O7/c1-29(2)20-14-7-10-6-13-17(15(31)8-11(19(13)27)9-30(3)12-4-5-12)21(32)16(10)23(34)26(14,37)24(35)18(22(20)33)25(28)36/h8,10,12,14,20,31,33-34,37H,4-7,9H2,1-3H3,(H2,28,36)/t10-,14-,20-,26-/m0/s1. The fraction of sp³-hybridized carbons (Fsp3) is 0.500. The summed E-state index contributed by atoms with van der Waals surface area (Å²) in [5.74, 6) is -8.14. The second kappa shape index (κ2) is 8.37. The number of aliphatic hydroxyl groups excluding tert-OH is 2. The Morgan fingerprint density at radius 1 is 1.19 bits per heavy atom. The highest BCUT2D eigenvalue weighted by Crippen LogP contribution is 2.52. The zero-order chi connectivity index (χ0) is 27.1. The quantitative estimate of drug-likeness (QED) is 0.358. The SMILES string of the molecule is CN(Cc1cc(O)c2c(c1F)C[C@H]1C[C@H]3[C@H](N(C)C)C(O)=C(C(N)=O)C(=O)[C@@]3(O)C(O)=C1C2=O)C1CC1. The predicted molar refractivity (Wildman–Crippen MR) is 128 cm³/mol. The van der Waals surface area contributed by atoms with Crippen LogP contribution in [0.4, 0.5) is 4.39 Å². The number of phenols is 1. The normalized spacial score (nSPS) is 29.5. The van der Waals surface area contributed by atoms with Gasteiger partial charge in [-0.1, -0.05) is 0 Å². The summed E-state index contributed by atoms with van der Waals surface area (Å²) in [7, 11) is 4.96. The maximum atomic E-state index is 15.7. The third kappa shape index (κ3) is 3.52. The zero-order valence-corrected chi connectivity index (χ0v) is 20.8. The van der Waals surface area contributed by atoms with Gasteiger partial charge in [0.1, 0.15) is 28.7 Å². The van der Waals surface area contributed by atoms with Gasteiger partial charge in [0.2, 0.25) is 5.78 Å². The van der Waals surface area contributed by atoms with E-state index in [4.69, 9.17) is 5.73 Å². The molecule has 0 spiro atoms. The van der Waals surface area contributed by atoms with Crippen LogP contribution in [0.25, 0.3) is 0 Å². The molecule has 10 nitrogen and oxygen atoms in total. The van der Waals surface area contributed by atoms with Gasteiger partial charge in [0.25, 0.3) is 5.91 Å². The lowest BCUT2D eigenvalue weighted by Crippen LogP contribution is -2.63. The number of ketones is 2. The van der Waals surface area contributed by atoms with E-state index in [1.54, 1.807) is 14.1 Å². The van der Waals surface area contributed by atoms with Crippen LogP contribution in [0.15, 0.2) is 28.7 Å². The van der Waals surface area contributed by atoms with E-state index in [-0.39, 0.29) is 41.6 Å². The number of Topliss-reactive ketones (excluding diaryl/α,β-unsaturated/α-hetero) is 2. The fourth-order valence-corrected chi connectivity index (χ4v) is 6.38. The molecule has 11 heteroatoms. The van der Waals surface area contributed by atoms with Crippen LogP contribution in [0, 0.1) is 17.7 Å². The highest BCUT2D eigenvalue weighted by Gasteiger charge is 2.63. The summed E-state index contributed by atoms with van der Waals surface area (Å²) in [6, 6.07) is 0.449. The molecule has 4 aliphatic rings. The van der Waals surface area contributed by atoms with Crippen molar-refractivity contribution in [1.82, 2.24) is 9.80 Å². The van der Waals surface area contributed by atoms with Crippen molar-refractivity contribution in [3.05, 3.63) is 51.2 Å². The average Bonchev–Trinajstić information content (AvgIpc) is 3.64. The Morgan fingerprint density at radius 3 is 2.41 bits per heavy atom. The summed E-state index contributed by atoms with van der Waals surface area (Å²) in [6.45, 7) is 0.248. The number of nitrogens with two attached hydrogens (primary N) is 1. The number of aliphatic hydroxyl groups is 3. The minimum absolute atomic E-state index is 0.0114. The van der Waals surface area contributed by atoms with Gasteiger partial charge in [-0.15, -0.1) is 0 Å². The largest absolute Gasteiger partial charge is 0.510 e. The molecule has 0 unspecified atom stereocenters. The molecule has 6 N–H and O–H groups in total. The first-order valence-corrected chi connectivity index (χ1v) is 12.2. The molecule has 1 aromatic rings. The third-order valence-corrected chi connectivity index (χ3v) is 8.32. The van der Waals surface area contributed by atoms with Crippen molar-refractivity contribution in [1.29, 1.82) is 0 Å². The summed E-state index contributed by atoms with van der Waals surface area (Å²) in [4.78, 5) is 42.3. The van der Waals surface area contributed by atoms with Crippen LogP contribution >= 0.6 is 0 Å². The number of aromatic hydroxyl groups is 1. The lowest BCUT2D eigenvalue weighted by atomic mass is 9.58. The number of amides is 1. The number of rotatable bonds is 5. The van der Waals surface area contributed by atoms with Crippen molar-refractivity contribution < 1.29 is 39.2 Å². The Bertz CT molecular complexity index is 1320. The van der Waals surface area contributed by atoms with Crippen molar-refractivity contribution in [2.45, 2.75) is 49.9 Å². The highest BCUT2D eigenvalue weighted by atomic mass is 19.1. The van der Waals surface area contributed by atoms with Gasteiger partial charge in [0.15, 0.2) is 11.4 Å². The molecule has 4 atom stereocenters. The zero-order valence-electron chi connectivity index (χ0n) is 20.8. The molecule has 0 aromatic heterocycles. The maximum Gasteiger partial charge on any atom is 0.255 e. The number of phenolic OH excluding ortho intramolecular Hbond substituents is 1. The van der Waals surface area contributed by atoms with Crippen molar-refractivity contribution in [3.8, 4) is 5.75 Å². The molecule has 198 valence electrons. The first-order valence-electron chi connectivity index (χ1n) is 12.2. The van der Waals surface area contributed by atoms with E-state index in [1.165, 1.54) is 11.0 Å². The third-order valence-electron chi connectivity index (χ3n) is 8.32. The Kier molecular flexibility index (Phi) is 5.74. The second-order valence-corrected chi connectivity index (χ2v) is 10.8. The predicted octanol–water partition coefficient (Wildman–Crippen LogP) is 0.854. The molecule has 1 amide bonds. The lowest BCUT2D eigenvalue weighted by molar-refractivity contribution is -0.148. The molecule has 0 bridgehead atoms. The average molecular weight is 516 g/mol. The van der Waals surface area contributed by atoms with E-state index in [2.05, 4.69) is 0 Å². The Hall–Kier alpha value is -3.28. The smallest absolute Gasteiger partial charge is 0.255 e. The summed E-state index contributed by atoms with van der Waals surface area (Å²) >= 11 is 0. The monoisotopic (exact) mass is 515 g/mol. The van der Waals surface area contributed by atoms with Crippen molar-refractivity contribution in [2.75, 3.05) is 21.1 Å². The van der Waals surface area contributed by atoms with Crippen LogP contribution in [0.1, 0.15) is 40.7 Å². The Labute approximate surface area is 212 Å². The number of benzene rings is 1. The number of hydrogen-bond donors (Lipinski definition) is 5. The molecule has 1 saturated carbocycles. The summed E-state index contributed by atoms with van der Waals surface area (Å²) in [6.07, 6.45) is 1.86. The van der Waals surface area contributed by atoms with Crippen LogP contribution < -0.4 is 5.73 Å². The number of carbonyl (C=O) groups excluding carboxylic acids is 3. The number of primary amides is 1. The van der Waals surface area contributed by atoms with E-state index in [0.29, 0.717) is 6.04 Å². The number of halogens is 1. The molecule has 0 radical (unpaired) electrons. The topological polar surface area (TPSA) is 165 Å². The van der Waals surface area contributed by atoms with Crippen LogP contribution in [-0.4, -0.2) is 86.5 Å². The van der Waals surface area contributed by atoms with Gasteiger partial charge in [-0.2, -0.15) is 0 Å². The molecule has 0 heterocycles. The van der Waals surface area contributed by atoms with Gasteiger partial charge in [0, 0.05) is 35.2 Å². The molecule has 5 rings (SSSR count). The van der Waals surface area contributed by atoms with Crippen LogP contribution in [0.2, 0.25) is 0 Å². The minimum atomic E-state index is -2.72. The highest BCUT2D eigenvalue weighted by molar-refractivity contribution is 6.24. The van der Waals surface area contributed by atoms with Gasteiger partial charge in [0.05, 0.1) is 11.6 Å². The molecule has 0 aliphatic heterocycles. The first kappa shape index (κ1) is 25.4. The Morgan fingerprint density at radius 2 is 1.84 bits per heavy atom. The van der Waals surface area contributed by atoms with Crippen LogP contribution in [0.3, 0.4) is 0 Å². The van der Waals surface area contributed by atoms with Crippen molar-refractivity contribution in [3.63, 3.8) is 0 Å². The van der Waals surface area contributed by atoms with Crippen LogP contribution in [-0.2, 0) is 22.6 Å². The Balaban J connectivity index is 1.65. The molecule has 4 aliphatic carbocycles. The molecular weight excluding hydrogens is 485 g/mol. The number of fused-ring (bicyclic) bond motifs is 3. The van der Waals surface area contributed by atoms with Crippen LogP contribution in [0.5, 0.6) is 5.75 Å². The summed E-state index contributed by atoms with van der Waals surface area (Å²) < 4.78 is 15.7. The maximum absolute atomic E-state index is 15.7. The number of allylic oxidation sites excluding steroid dienone is 1. The summed E-state index contributed by atoms with van der Waals surface area (Å²) in [5, 5.41) is 44.3. The van der Waals surface area contributed by atoms with Gasteiger partial charge in [-0.25, -0.2) is 4.39 Å². The summed E-state index contributed by atoms with van der Waals surface area (Å²) in [5.41, 5.74) is 1.36. The van der Waals surface area contributed by atoms with Gasteiger partial charge >= 0.3 is 0 Å². The van der Waals surface area contributed by atoms with E-state index in [9.17, 15) is 34.8 Å². The number of nitrogens with zero attached hydrogens (tertiary/aromatic N) is 2. The van der Waals surface area contributed by atoms with Crippen molar-refractivity contribution in [2.24, 2.45) is 17.6 Å². The van der Waals surface area contributed by atoms with E-state index in [1.807, 2.05) is 11.9 Å². The van der Waals surface area contributed by atoms with Gasteiger partial charge in [-0.05, 0) is 58.8 Å². The van der Waals surface area contributed by atoms with Gasteiger partial charge < -0.3 is 26.2 Å². The molecule has 37 heavy (non-hydrogen) atoms. The fourth-order valence-electron chi connectivity index (χ4n) is 6.38. The molecular formula is C26H30FN3O7. The van der Waals surface area contributed by atoms with E-state index < -0.39 is 69.6 Å². The van der Waals surface area contributed by atoms with Gasteiger partial charge in [-0.3, -0.25) is 24.2 Å². The minimum Gasteiger partial charge on any atom is -0.510 e. The number of likely N-dealkylation sites (N-methyl/N-ethyl adjacent to an activating group) is 1. The van der Waals surface area contributed by atoms with Crippen molar-refractivity contribution >= 4 is 17.5 Å². The molecule has 1 fully saturated rings. The number of hydrogen-bond acceptors (Lipinski definition) is 9. The molecule has 1 aromatic carbocycles. The first-order chi connectivity index (χ1) is 17.3. The van der Waals surface area contributed by atoms with E-state index >= 15 is 4.39 Å². The van der Waals surface area contributed by atoms with E-state index in [0.717, 1.165) is 12.8 Å².